The van der Waals surface area contributed by atoms with Gasteiger partial charge in [0.2, 0.25) is 10.0 Å². The number of sulfonamides is 1. The molecule has 1 aromatic carbocycles. The SMILES string of the molecule is COc1ccc(S(=O)(=O)N2CCC3(CC2)C2=C(N=NC2)NC2=C3C(=O)CC(C)(C)C2)cc1. The topological polar surface area (TPSA) is 100 Å². The third-order valence-electron chi connectivity index (χ3n) is 7.16. The van der Waals surface area contributed by atoms with Crippen LogP contribution in [0.4, 0.5) is 0 Å². The summed E-state index contributed by atoms with van der Waals surface area (Å²) >= 11 is 0. The molecule has 1 fully saturated rings. The number of fused-ring (bicyclic) bond motifs is 2. The number of hydrogen-bond acceptors (Lipinski definition) is 7. The molecule has 0 radical (unpaired) electrons. The van der Waals surface area contributed by atoms with Crippen molar-refractivity contribution in [3.8, 4) is 5.75 Å². The number of Topliss-reactive ketones (excluding diaryl/α,β-unsaturated/α-hetero) is 1. The highest BCUT2D eigenvalue weighted by Gasteiger charge is 2.53. The van der Waals surface area contributed by atoms with E-state index in [1.54, 1.807) is 31.4 Å². The lowest BCUT2D eigenvalue weighted by Gasteiger charge is -2.48. The van der Waals surface area contributed by atoms with Crippen molar-refractivity contribution in [3.05, 3.63) is 46.9 Å². The van der Waals surface area contributed by atoms with Crippen LogP contribution in [0, 0.1) is 10.8 Å². The van der Waals surface area contributed by atoms with Gasteiger partial charge in [-0.05, 0) is 48.9 Å². The van der Waals surface area contributed by atoms with Crippen molar-refractivity contribution in [2.45, 2.75) is 44.4 Å². The minimum absolute atomic E-state index is 0.115. The first kappa shape index (κ1) is 21.3. The molecular formula is C23H28N4O4S. The zero-order chi connectivity index (χ0) is 22.7. The molecular weight excluding hydrogens is 428 g/mol. The van der Waals surface area contributed by atoms with Gasteiger partial charge in [0.25, 0.3) is 0 Å². The molecule has 1 N–H and O–H groups in total. The Morgan fingerprint density at radius 2 is 1.78 bits per heavy atom. The lowest BCUT2D eigenvalue weighted by Crippen LogP contribution is -2.50. The minimum atomic E-state index is -3.63. The third-order valence-corrected chi connectivity index (χ3v) is 9.07. The van der Waals surface area contributed by atoms with E-state index in [0.717, 1.165) is 29.1 Å². The number of allylic oxidation sites excluding steroid dienone is 2. The van der Waals surface area contributed by atoms with Crippen LogP contribution >= 0.6 is 0 Å². The summed E-state index contributed by atoms with van der Waals surface area (Å²) in [6.45, 7) is 5.36. The second kappa shape index (κ2) is 7.25. The number of methoxy groups -OCH3 is 1. The Hall–Kier alpha value is -2.52. The Kier molecular flexibility index (Phi) is 4.83. The van der Waals surface area contributed by atoms with E-state index in [1.807, 2.05) is 0 Å². The van der Waals surface area contributed by atoms with Gasteiger partial charge < -0.3 is 10.1 Å². The molecule has 0 unspecified atom stereocenters. The third kappa shape index (κ3) is 3.21. The Bertz CT molecular complexity index is 1170. The molecule has 9 heteroatoms. The molecule has 1 saturated heterocycles. The minimum Gasteiger partial charge on any atom is -0.497 e. The molecule has 170 valence electrons. The average molecular weight is 457 g/mol. The maximum atomic E-state index is 13.3. The number of ether oxygens (including phenoxy) is 1. The summed E-state index contributed by atoms with van der Waals surface area (Å²) in [6.07, 6.45) is 2.38. The molecule has 3 heterocycles. The monoisotopic (exact) mass is 456 g/mol. The van der Waals surface area contributed by atoms with E-state index in [-0.39, 0.29) is 16.1 Å². The Balaban J connectivity index is 1.47. The zero-order valence-electron chi connectivity index (χ0n) is 18.6. The van der Waals surface area contributed by atoms with Crippen molar-refractivity contribution >= 4 is 15.8 Å². The molecule has 0 saturated carbocycles. The van der Waals surface area contributed by atoms with Crippen LogP contribution in [0.5, 0.6) is 5.75 Å². The van der Waals surface area contributed by atoms with E-state index in [2.05, 4.69) is 29.4 Å². The smallest absolute Gasteiger partial charge is 0.243 e. The number of nitrogens with one attached hydrogen (secondary N) is 1. The summed E-state index contributed by atoms with van der Waals surface area (Å²) in [4.78, 5) is 13.6. The Morgan fingerprint density at radius 3 is 2.44 bits per heavy atom. The second-order valence-electron chi connectivity index (χ2n) is 9.81. The van der Waals surface area contributed by atoms with Crippen LogP contribution in [0.15, 0.2) is 62.1 Å². The summed E-state index contributed by atoms with van der Waals surface area (Å²) in [7, 11) is -2.08. The van der Waals surface area contributed by atoms with Crippen molar-refractivity contribution in [3.63, 3.8) is 0 Å². The first-order chi connectivity index (χ1) is 15.2. The van der Waals surface area contributed by atoms with Gasteiger partial charge in [-0.15, -0.1) is 5.11 Å². The molecule has 32 heavy (non-hydrogen) atoms. The normalized spacial score (nSPS) is 24.4. The van der Waals surface area contributed by atoms with Crippen LogP contribution in [0.3, 0.4) is 0 Å². The van der Waals surface area contributed by atoms with E-state index in [9.17, 15) is 13.2 Å². The van der Waals surface area contributed by atoms with Gasteiger partial charge in [-0.2, -0.15) is 9.42 Å². The Labute approximate surface area is 188 Å². The van der Waals surface area contributed by atoms with Gasteiger partial charge in [-0.25, -0.2) is 8.42 Å². The summed E-state index contributed by atoms with van der Waals surface area (Å²) in [5.41, 5.74) is 2.21. The molecule has 0 aromatic heterocycles. The second-order valence-corrected chi connectivity index (χ2v) is 11.7. The fraction of sp³-hybridized carbons (Fsp3) is 0.522. The maximum Gasteiger partial charge on any atom is 0.243 e. The highest BCUT2D eigenvalue weighted by molar-refractivity contribution is 7.89. The Morgan fingerprint density at radius 1 is 1.09 bits per heavy atom. The lowest BCUT2D eigenvalue weighted by molar-refractivity contribution is -0.119. The van der Waals surface area contributed by atoms with Gasteiger partial charge in [0.05, 0.1) is 18.6 Å². The van der Waals surface area contributed by atoms with Crippen molar-refractivity contribution in [2.24, 2.45) is 21.1 Å². The number of rotatable bonds is 3. The fourth-order valence-corrected chi connectivity index (χ4v) is 7.07. The molecule has 0 amide bonds. The number of benzene rings is 1. The molecule has 5 rings (SSSR count). The van der Waals surface area contributed by atoms with Crippen LogP contribution in [-0.4, -0.2) is 45.3 Å². The van der Waals surface area contributed by atoms with Gasteiger partial charge in [0, 0.05) is 41.8 Å². The van der Waals surface area contributed by atoms with Gasteiger partial charge in [0.1, 0.15) is 5.75 Å². The van der Waals surface area contributed by atoms with Crippen LogP contribution in [0.1, 0.15) is 39.5 Å². The van der Waals surface area contributed by atoms with E-state index in [4.69, 9.17) is 4.74 Å². The fourth-order valence-electron chi connectivity index (χ4n) is 5.62. The molecule has 1 aromatic rings. The standard InChI is InChI=1S/C23H28N4O4S/c1-22(2)12-18-20(19(28)13-22)23(17-14-24-26-21(17)25-18)8-10-27(11-9-23)32(29,30)16-6-4-15(31-3)5-7-16/h4-7,25H,8-14H2,1-3H3. The maximum absolute atomic E-state index is 13.3. The van der Waals surface area contributed by atoms with Gasteiger partial charge in [-0.1, -0.05) is 13.8 Å². The molecule has 0 atom stereocenters. The number of piperidine rings is 1. The van der Waals surface area contributed by atoms with Crippen molar-refractivity contribution in [1.82, 2.24) is 9.62 Å². The number of carbonyl (C=O) groups is 1. The van der Waals surface area contributed by atoms with Gasteiger partial charge in [-0.3, -0.25) is 4.79 Å². The van der Waals surface area contributed by atoms with Gasteiger partial charge in [0.15, 0.2) is 11.6 Å². The highest BCUT2D eigenvalue weighted by Crippen LogP contribution is 2.55. The van der Waals surface area contributed by atoms with E-state index in [0.29, 0.717) is 44.6 Å². The van der Waals surface area contributed by atoms with E-state index < -0.39 is 15.4 Å². The number of azo groups is 1. The molecule has 1 aliphatic carbocycles. The summed E-state index contributed by atoms with van der Waals surface area (Å²) in [6, 6.07) is 6.46. The number of ketones is 1. The van der Waals surface area contributed by atoms with E-state index in [1.165, 1.54) is 4.31 Å². The van der Waals surface area contributed by atoms with Crippen molar-refractivity contribution in [1.29, 1.82) is 0 Å². The van der Waals surface area contributed by atoms with Crippen LogP contribution in [-0.2, 0) is 14.8 Å². The summed E-state index contributed by atoms with van der Waals surface area (Å²) in [5, 5.41) is 11.9. The first-order valence-corrected chi connectivity index (χ1v) is 12.4. The van der Waals surface area contributed by atoms with Crippen LogP contribution < -0.4 is 10.1 Å². The predicted octanol–water partition coefficient (Wildman–Crippen LogP) is 3.39. The average Bonchev–Trinajstić information content (AvgIpc) is 3.22. The quantitative estimate of drug-likeness (QED) is 0.751. The molecule has 3 aliphatic heterocycles. The summed E-state index contributed by atoms with van der Waals surface area (Å²) < 4.78 is 33.2. The number of nitrogens with zero attached hydrogens (tertiary/aromatic N) is 3. The largest absolute Gasteiger partial charge is 0.497 e. The molecule has 1 spiro atoms. The summed E-state index contributed by atoms with van der Waals surface area (Å²) in [5.74, 6) is 1.53. The lowest BCUT2D eigenvalue weighted by atomic mass is 9.60. The van der Waals surface area contributed by atoms with Gasteiger partial charge >= 0.3 is 0 Å². The first-order valence-electron chi connectivity index (χ1n) is 11.0. The number of carbonyl (C=O) groups excluding carboxylic acids is 1. The highest BCUT2D eigenvalue weighted by atomic mass is 32.2. The number of hydrogen-bond donors (Lipinski definition) is 1. The number of dihydropyridines is 1. The zero-order valence-corrected chi connectivity index (χ0v) is 19.5. The van der Waals surface area contributed by atoms with Crippen LogP contribution in [0.2, 0.25) is 0 Å². The van der Waals surface area contributed by atoms with Crippen LogP contribution in [0.25, 0.3) is 0 Å². The van der Waals surface area contributed by atoms with Crippen molar-refractivity contribution < 1.29 is 17.9 Å². The molecule has 4 aliphatic rings. The predicted molar refractivity (Wildman–Crippen MR) is 118 cm³/mol. The molecule has 0 bridgehead atoms. The molecule has 8 nitrogen and oxygen atoms in total. The van der Waals surface area contributed by atoms with E-state index >= 15 is 0 Å². The van der Waals surface area contributed by atoms with Crippen molar-refractivity contribution in [2.75, 3.05) is 26.7 Å².